The van der Waals surface area contributed by atoms with Crippen molar-refractivity contribution in [2.75, 3.05) is 5.75 Å². The minimum absolute atomic E-state index is 0.00256. The number of hydrogen-bond acceptors (Lipinski definition) is 8. The van der Waals surface area contributed by atoms with Crippen LogP contribution in [0.15, 0.2) is 108 Å². The van der Waals surface area contributed by atoms with E-state index in [1.54, 1.807) is 28.6 Å². The lowest BCUT2D eigenvalue weighted by Crippen LogP contribution is -2.31. The van der Waals surface area contributed by atoms with Gasteiger partial charge in [-0.05, 0) is 50.4 Å². The molecule has 9 nitrogen and oxygen atoms in total. The molecule has 1 aromatic heterocycles. The third kappa shape index (κ3) is 7.06. The quantitative estimate of drug-likeness (QED) is 0.196. The Hall–Kier alpha value is -4.35. The molecule has 224 valence electrons. The van der Waals surface area contributed by atoms with Crippen LogP contribution in [0.2, 0.25) is 0 Å². The molecule has 0 spiro atoms. The molecule has 10 heteroatoms. The van der Waals surface area contributed by atoms with Gasteiger partial charge in [-0.2, -0.15) is 0 Å². The summed E-state index contributed by atoms with van der Waals surface area (Å²) < 4.78 is 14.6. The van der Waals surface area contributed by atoms with Crippen LogP contribution in [0.1, 0.15) is 51.4 Å². The maximum Gasteiger partial charge on any atom is 0.251 e. The average Bonchev–Trinajstić information content (AvgIpc) is 3.51. The number of carbonyl (C=O) groups excluding carboxylic acids is 1. The Morgan fingerprint density at radius 1 is 0.932 bits per heavy atom. The molecule has 5 aromatic rings. The summed E-state index contributed by atoms with van der Waals surface area (Å²) >= 11 is 1.55. The first-order chi connectivity index (χ1) is 21.6. The number of aliphatic hydroxyl groups excluding tert-OH is 1. The normalized spacial score (nSPS) is 18.2. The molecule has 1 amide bonds. The molecule has 3 atom stereocenters. The van der Waals surface area contributed by atoms with Crippen LogP contribution in [0, 0.1) is 0 Å². The summed E-state index contributed by atoms with van der Waals surface area (Å²) in [7, 11) is 1.82. The molecule has 44 heavy (non-hydrogen) atoms. The van der Waals surface area contributed by atoms with Crippen molar-refractivity contribution in [1.82, 2.24) is 25.5 Å². The van der Waals surface area contributed by atoms with Crippen LogP contribution in [-0.4, -0.2) is 43.1 Å². The van der Waals surface area contributed by atoms with E-state index in [2.05, 4.69) is 39.0 Å². The van der Waals surface area contributed by atoms with Crippen molar-refractivity contribution in [2.24, 2.45) is 7.05 Å². The molecule has 6 rings (SSSR count). The maximum absolute atomic E-state index is 12.6. The Labute approximate surface area is 260 Å². The Bertz CT molecular complexity index is 1680. The number of tetrazole rings is 1. The van der Waals surface area contributed by atoms with E-state index in [0.29, 0.717) is 24.3 Å². The topological polar surface area (TPSA) is 111 Å². The van der Waals surface area contributed by atoms with Crippen LogP contribution < -0.4 is 5.32 Å². The van der Waals surface area contributed by atoms with Gasteiger partial charge in [-0.15, -0.1) is 5.10 Å². The fourth-order valence-electron chi connectivity index (χ4n) is 5.18. The van der Waals surface area contributed by atoms with Crippen LogP contribution in [0.4, 0.5) is 0 Å². The molecular formula is C34H33N5O4S. The number of rotatable bonds is 10. The van der Waals surface area contributed by atoms with E-state index in [1.807, 2.05) is 79.8 Å². The van der Waals surface area contributed by atoms with Crippen LogP contribution in [0.25, 0.3) is 11.1 Å². The Balaban J connectivity index is 1.19. The summed E-state index contributed by atoms with van der Waals surface area (Å²) in [6.07, 6.45) is -0.179. The molecule has 2 N–H and O–H groups in total. The van der Waals surface area contributed by atoms with Gasteiger partial charge in [0.25, 0.3) is 5.91 Å². The second kappa shape index (κ2) is 14.0. The van der Waals surface area contributed by atoms with Crippen molar-refractivity contribution in [1.29, 1.82) is 0 Å². The van der Waals surface area contributed by atoms with Crippen molar-refractivity contribution in [3.8, 4) is 11.1 Å². The van der Waals surface area contributed by atoms with E-state index >= 15 is 0 Å². The number of aromatic nitrogens is 4. The van der Waals surface area contributed by atoms with E-state index in [-0.39, 0.29) is 24.7 Å². The molecule has 1 fully saturated rings. The molecule has 0 radical (unpaired) electrons. The first-order valence-corrected chi connectivity index (χ1v) is 15.4. The third-order valence-electron chi connectivity index (χ3n) is 7.58. The zero-order chi connectivity index (χ0) is 30.3. The summed E-state index contributed by atoms with van der Waals surface area (Å²) in [4.78, 5) is 12.6. The monoisotopic (exact) mass is 607 g/mol. The van der Waals surface area contributed by atoms with E-state index in [9.17, 15) is 9.90 Å². The molecule has 1 aliphatic heterocycles. The summed E-state index contributed by atoms with van der Waals surface area (Å²) in [6.45, 7) is 0.412. The molecular weight excluding hydrogens is 574 g/mol. The van der Waals surface area contributed by atoms with Gasteiger partial charge in [0, 0.05) is 36.9 Å². The lowest BCUT2D eigenvalue weighted by Gasteiger charge is -2.36. The summed E-state index contributed by atoms with van der Waals surface area (Å²) in [5.74, 6) is 0.561. The Morgan fingerprint density at radius 3 is 2.39 bits per heavy atom. The standard InChI is InChI=1S/C34H33N5O4S/c1-39-34(36-37-38-39)44-22-29-19-31(25-13-11-23(21-40)12-14-25)43-33(42-29)27-17-15-24(16-18-27)30-10-6-5-9-28(30)20-35-32(41)26-7-3-2-4-8-26/h2-18,29,31,33,40H,19-22H2,1H3,(H,35,41)/t29-,31+,33+/m0/s1. The van der Waals surface area contributed by atoms with Gasteiger partial charge in [0.1, 0.15) is 0 Å². The number of aliphatic hydroxyl groups is 1. The van der Waals surface area contributed by atoms with Crippen molar-refractivity contribution in [3.63, 3.8) is 0 Å². The first kappa shape index (κ1) is 29.7. The lowest BCUT2D eigenvalue weighted by molar-refractivity contribution is -0.245. The van der Waals surface area contributed by atoms with Crippen molar-refractivity contribution in [3.05, 3.63) is 131 Å². The van der Waals surface area contributed by atoms with Gasteiger partial charge in [0.15, 0.2) is 6.29 Å². The Morgan fingerprint density at radius 2 is 1.66 bits per heavy atom. The Kier molecular flexibility index (Phi) is 9.43. The smallest absolute Gasteiger partial charge is 0.251 e. The number of ether oxygens (including phenoxy) is 2. The average molecular weight is 608 g/mol. The summed E-state index contributed by atoms with van der Waals surface area (Å²) in [6, 6.07) is 33.4. The molecule has 1 saturated heterocycles. The van der Waals surface area contributed by atoms with Gasteiger partial charge < -0.3 is 19.9 Å². The van der Waals surface area contributed by atoms with Gasteiger partial charge in [-0.3, -0.25) is 4.79 Å². The number of nitrogens with zero attached hydrogens (tertiary/aromatic N) is 4. The summed E-state index contributed by atoms with van der Waals surface area (Å²) in [5, 5.41) is 25.0. The SMILES string of the molecule is Cn1nnnc1SC[C@@H]1C[C@H](c2ccc(CO)cc2)O[C@H](c2ccc(-c3ccccc3CNC(=O)c3ccccc3)cc2)O1. The number of carbonyl (C=O) groups is 1. The minimum Gasteiger partial charge on any atom is -0.392 e. The first-order valence-electron chi connectivity index (χ1n) is 14.4. The minimum atomic E-state index is -0.566. The van der Waals surface area contributed by atoms with Crippen molar-refractivity contribution in [2.45, 2.75) is 43.2 Å². The number of benzene rings is 4. The van der Waals surface area contributed by atoms with E-state index in [4.69, 9.17) is 9.47 Å². The molecule has 0 unspecified atom stereocenters. The van der Waals surface area contributed by atoms with Crippen LogP contribution in [0.5, 0.6) is 0 Å². The molecule has 0 saturated carbocycles. The number of aryl methyl sites for hydroxylation is 1. The molecule has 4 aromatic carbocycles. The number of amides is 1. The molecule has 1 aliphatic rings. The highest BCUT2D eigenvalue weighted by Gasteiger charge is 2.32. The fraction of sp³-hybridized carbons (Fsp3) is 0.235. The third-order valence-corrected chi connectivity index (χ3v) is 8.72. The highest BCUT2D eigenvalue weighted by Crippen LogP contribution is 2.39. The second-order valence-corrected chi connectivity index (χ2v) is 11.6. The maximum atomic E-state index is 12.6. The van der Waals surface area contributed by atoms with Gasteiger partial charge >= 0.3 is 0 Å². The number of thioether (sulfide) groups is 1. The highest BCUT2D eigenvalue weighted by atomic mass is 32.2. The lowest BCUT2D eigenvalue weighted by atomic mass is 9.97. The number of nitrogens with one attached hydrogen (secondary N) is 1. The van der Waals surface area contributed by atoms with Gasteiger partial charge in [-0.1, -0.05) is 103 Å². The van der Waals surface area contributed by atoms with E-state index in [0.717, 1.165) is 38.5 Å². The molecule has 0 aliphatic carbocycles. The number of hydrogen-bond donors (Lipinski definition) is 2. The van der Waals surface area contributed by atoms with Crippen LogP contribution in [-0.2, 0) is 29.7 Å². The van der Waals surface area contributed by atoms with Crippen LogP contribution >= 0.6 is 11.8 Å². The van der Waals surface area contributed by atoms with Crippen LogP contribution in [0.3, 0.4) is 0 Å². The predicted octanol–water partition coefficient (Wildman–Crippen LogP) is 5.64. The zero-order valence-electron chi connectivity index (χ0n) is 24.2. The van der Waals surface area contributed by atoms with Gasteiger partial charge in [0.05, 0.1) is 18.8 Å². The largest absolute Gasteiger partial charge is 0.392 e. The van der Waals surface area contributed by atoms with Gasteiger partial charge in [0.2, 0.25) is 5.16 Å². The van der Waals surface area contributed by atoms with E-state index in [1.165, 1.54) is 0 Å². The van der Waals surface area contributed by atoms with E-state index < -0.39 is 6.29 Å². The molecule has 0 bridgehead atoms. The second-order valence-electron chi connectivity index (χ2n) is 10.6. The van der Waals surface area contributed by atoms with Crippen molar-refractivity contribution < 1.29 is 19.4 Å². The highest BCUT2D eigenvalue weighted by molar-refractivity contribution is 7.99. The summed E-state index contributed by atoms with van der Waals surface area (Å²) in [5.41, 5.74) is 6.54. The predicted molar refractivity (Wildman–Crippen MR) is 167 cm³/mol. The van der Waals surface area contributed by atoms with Crippen molar-refractivity contribution >= 4 is 17.7 Å². The van der Waals surface area contributed by atoms with Gasteiger partial charge in [-0.25, -0.2) is 4.68 Å². The fourth-order valence-corrected chi connectivity index (χ4v) is 6.04. The molecule has 2 heterocycles. The zero-order valence-corrected chi connectivity index (χ0v) is 25.1.